The van der Waals surface area contributed by atoms with Crippen molar-refractivity contribution < 1.29 is 19.0 Å². The Balaban J connectivity index is 2.12. The van der Waals surface area contributed by atoms with Gasteiger partial charge in [0.05, 0.1) is 6.08 Å². The Morgan fingerprint density at radius 1 is 1.35 bits per heavy atom. The van der Waals surface area contributed by atoms with Gasteiger partial charge in [-0.1, -0.05) is 26.0 Å². The fraction of sp³-hybridized carbons (Fsp3) is 0.438. The second-order valence-corrected chi connectivity index (χ2v) is 5.58. The molecular formula is C16H19FO3. The van der Waals surface area contributed by atoms with Crippen LogP contribution in [0.15, 0.2) is 36.1 Å². The van der Waals surface area contributed by atoms with Crippen molar-refractivity contribution in [3.05, 3.63) is 47.5 Å². The molecule has 1 N–H and O–H groups in total. The molecule has 4 heteroatoms. The highest BCUT2D eigenvalue weighted by Gasteiger charge is 2.41. The molecule has 3 nitrogen and oxygen atoms in total. The molecule has 1 aromatic carbocycles. The minimum absolute atomic E-state index is 0.0639. The van der Waals surface area contributed by atoms with E-state index in [2.05, 4.69) is 0 Å². The smallest absolute Gasteiger partial charge is 0.334 e. The van der Waals surface area contributed by atoms with Gasteiger partial charge in [0, 0.05) is 6.42 Å². The van der Waals surface area contributed by atoms with Crippen LogP contribution in [0.1, 0.15) is 32.3 Å². The first-order valence-electron chi connectivity index (χ1n) is 6.78. The van der Waals surface area contributed by atoms with Crippen LogP contribution in [0.4, 0.5) is 4.39 Å². The molecule has 1 aliphatic heterocycles. The number of halogens is 1. The summed E-state index contributed by atoms with van der Waals surface area (Å²) in [5, 5.41) is 9.71. The molecule has 0 spiro atoms. The molecule has 0 amide bonds. The van der Waals surface area contributed by atoms with E-state index in [0.717, 1.165) is 11.6 Å². The summed E-state index contributed by atoms with van der Waals surface area (Å²) in [5.41, 5.74) is 0.293. The number of hydrogen-bond acceptors (Lipinski definition) is 3. The van der Waals surface area contributed by atoms with Gasteiger partial charge in [-0.05, 0) is 36.5 Å². The fourth-order valence-corrected chi connectivity index (χ4v) is 2.52. The molecule has 0 fully saturated rings. The number of ether oxygens (including phenoxy) is 1. The van der Waals surface area contributed by atoms with E-state index in [1.807, 2.05) is 13.8 Å². The van der Waals surface area contributed by atoms with Crippen molar-refractivity contribution in [2.24, 2.45) is 5.92 Å². The number of aliphatic hydroxyl groups excluding tert-OH is 1. The highest BCUT2D eigenvalue weighted by molar-refractivity contribution is 5.83. The number of cyclic esters (lactones) is 1. The zero-order chi connectivity index (χ0) is 14.8. The van der Waals surface area contributed by atoms with Gasteiger partial charge in [-0.25, -0.2) is 9.18 Å². The number of carbonyl (C=O) groups excluding carboxylic acids is 1. The fourth-order valence-electron chi connectivity index (χ4n) is 2.52. The quantitative estimate of drug-likeness (QED) is 0.857. The van der Waals surface area contributed by atoms with Crippen LogP contribution < -0.4 is 0 Å². The van der Waals surface area contributed by atoms with E-state index in [4.69, 9.17) is 4.74 Å². The van der Waals surface area contributed by atoms with Gasteiger partial charge in [0.15, 0.2) is 0 Å². The predicted molar refractivity (Wildman–Crippen MR) is 73.7 cm³/mol. The summed E-state index contributed by atoms with van der Waals surface area (Å²) in [6.45, 7) is 3.94. The standard InChI is InChI=1S/C16H19FO3/c1-11(2)16(10-14(18)9-15(19)20-16)8-7-12-3-5-13(17)6-4-12/h3-6,9,11,18H,7-8,10H2,1-2H3. The van der Waals surface area contributed by atoms with Gasteiger partial charge in [0.25, 0.3) is 0 Å². The van der Waals surface area contributed by atoms with E-state index >= 15 is 0 Å². The third-order valence-corrected chi connectivity index (χ3v) is 3.87. The van der Waals surface area contributed by atoms with E-state index in [0.29, 0.717) is 19.3 Å². The molecule has 108 valence electrons. The normalized spacial score (nSPS) is 22.6. The molecular weight excluding hydrogens is 259 g/mol. The third kappa shape index (κ3) is 3.18. The molecule has 1 aromatic rings. The minimum Gasteiger partial charge on any atom is -0.512 e. The van der Waals surface area contributed by atoms with Crippen LogP contribution in [0, 0.1) is 11.7 Å². The second kappa shape index (κ2) is 5.65. The van der Waals surface area contributed by atoms with E-state index < -0.39 is 11.6 Å². The molecule has 1 atom stereocenters. The third-order valence-electron chi connectivity index (χ3n) is 3.87. The molecule has 1 heterocycles. The summed E-state index contributed by atoms with van der Waals surface area (Å²) in [6, 6.07) is 6.29. The van der Waals surface area contributed by atoms with Crippen molar-refractivity contribution in [2.45, 2.75) is 38.7 Å². The number of carbonyl (C=O) groups is 1. The lowest BCUT2D eigenvalue weighted by Gasteiger charge is -2.39. The number of aliphatic hydroxyl groups is 1. The van der Waals surface area contributed by atoms with Gasteiger partial charge >= 0.3 is 5.97 Å². The van der Waals surface area contributed by atoms with Crippen LogP contribution >= 0.6 is 0 Å². The maximum absolute atomic E-state index is 12.9. The summed E-state index contributed by atoms with van der Waals surface area (Å²) in [7, 11) is 0. The minimum atomic E-state index is -0.690. The Morgan fingerprint density at radius 2 is 2.00 bits per heavy atom. The zero-order valence-corrected chi connectivity index (χ0v) is 11.7. The van der Waals surface area contributed by atoms with Crippen molar-refractivity contribution in [2.75, 3.05) is 0 Å². The molecule has 0 saturated carbocycles. The first-order valence-corrected chi connectivity index (χ1v) is 6.78. The predicted octanol–water partition coefficient (Wildman–Crippen LogP) is 3.54. The van der Waals surface area contributed by atoms with Crippen molar-refractivity contribution >= 4 is 5.97 Å². The van der Waals surface area contributed by atoms with Gasteiger partial charge in [0.1, 0.15) is 17.2 Å². The van der Waals surface area contributed by atoms with Crippen molar-refractivity contribution in [3.8, 4) is 0 Å². The highest BCUT2D eigenvalue weighted by atomic mass is 19.1. The SMILES string of the molecule is CC(C)C1(CCc2ccc(F)cc2)CC(O)=CC(=O)O1. The number of benzene rings is 1. The van der Waals surface area contributed by atoms with Gasteiger partial charge in [-0.3, -0.25) is 0 Å². The number of rotatable bonds is 4. The molecule has 20 heavy (non-hydrogen) atoms. The van der Waals surface area contributed by atoms with Crippen LogP contribution in [-0.2, 0) is 16.0 Å². The lowest BCUT2D eigenvalue weighted by Crippen LogP contribution is -2.43. The van der Waals surface area contributed by atoms with Gasteiger partial charge < -0.3 is 9.84 Å². The summed E-state index contributed by atoms with van der Waals surface area (Å²) in [6.07, 6.45) is 2.72. The van der Waals surface area contributed by atoms with E-state index in [1.165, 1.54) is 12.1 Å². The number of esters is 1. The molecule has 1 unspecified atom stereocenters. The van der Waals surface area contributed by atoms with Crippen molar-refractivity contribution in [3.63, 3.8) is 0 Å². The Hall–Kier alpha value is -1.84. The van der Waals surface area contributed by atoms with Crippen LogP contribution in [0.25, 0.3) is 0 Å². The zero-order valence-electron chi connectivity index (χ0n) is 11.7. The van der Waals surface area contributed by atoms with Crippen LogP contribution in [0.5, 0.6) is 0 Å². The largest absolute Gasteiger partial charge is 0.512 e. The first kappa shape index (κ1) is 14.6. The molecule has 0 aromatic heterocycles. The molecule has 1 aliphatic rings. The molecule has 0 aliphatic carbocycles. The van der Waals surface area contributed by atoms with Gasteiger partial charge in [-0.15, -0.1) is 0 Å². The van der Waals surface area contributed by atoms with E-state index in [-0.39, 0.29) is 17.5 Å². The van der Waals surface area contributed by atoms with Crippen LogP contribution in [-0.4, -0.2) is 16.7 Å². The van der Waals surface area contributed by atoms with E-state index in [9.17, 15) is 14.3 Å². The molecule has 0 saturated heterocycles. The maximum atomic E-state index is 12.9. The number of hydrogen-bond donors (Lipinski definition) is 1. The molecule has 2 rings (SSSR count). The topological polar surface area (TPSA) is 46.5 Å². The van der Waals surface area contributed by atoms with Gasteiger partial charge in [-0.2, -0.15) is 0 Å². The van der Waals surface area contributed by atoms with Crippen LogP contribution in [0.2, 0.25) is 0 Å². The summed E-state index contributed by atoms with van der Waals surface area (Å²) < 4.78 is 18.4. The van der Waals surface area contributed by atoms with Gasteiger partial charge in [0.2, 0.25) is 0 Å². The lowest BCUT2D eigenvalue weighted by molar-refractivity contribution is -0.163. The molecule has 0 bridgehead atoms. The van der Waals surface area contributed by atoms with E-state index in [1.54, 1.807) is 12.1 Å². The summed E-state index contributed by atoms with van der Waals surface area (Å²) in [5.74, 6) is -0.615. The summed E-state index contributed by atoms with van der Waals surface area (Å²) >= 11 is 0. The average molecular weight is 278 g/mol. The lowest BCUT2D eigenvalue weighted by atomic mass is 9.80. The molecule has 0 radical (unpaired) electrons. The first-order chi connectivity index (χ1) is 9.41. The summed E-state index contributed by atoms with van der Waals surface area (Å²) in [4.78, 5) is 11.5. The highest BCUT2D eigenvalue weighted by Crippen LogP contribution is 2.36. The Kier molecular flexibility index (Phi) is 4.12. The Morgan fingerprint density at radius 3 is 2.55 bits per heavy atom. The monoisotopic (exact) mass is 278 g/mol. The Labute approximate surface area is 118 Å². The van der Waals surface area contributed by atoms with Crippen LogP contribution in [0.3, 0.4) is 0 Å². The number of aryl methyl sites for hydroxylation is 1. The second-order valence-electron chi connectivity index (χ2n) is 5.58. The van der Waals surface area contributed by atoms with Crippen molar-refractivity contribution in [1.29, 1.82) is 0 Å². The van der Waals surface area contributed by atoms with Crippen molar-refractivity contribution in [1.82, 2.24) is 0 Å². The Bertz CT molecular complexity index is 519. The average Bonchev–Trinajstić information content (AvgIpc) is 2.37. The maximum Gasteiger partial charge on any atom is 0.334 e.